The molecule has 5 heteroatoms. The fourth-order valence-corrected chi connectivity index (χ4v) is 1.99. The summed E-state index contributed by atoms with van der Waals surface area (Å²) in [4.78, 5) is 4.16. The number of aromatic nitrogens is 1. The lowest BCUT2D eigenvalue weighted by atomic mass is 10.2. The minimum Gasteiger partial charge on any atom is -0.256 e. The van der Waals surface area contributed by atoms with Crippen LogP contribution in [0.5, 0.6) is 0 Å². The van der Waals surface area contributed by atoms with Gasteiger partial charge in [0.2, 0.25) is 0 Å². The Bertz CT molecular complexity index is 580. The van der Waals surface area contributed by atoms with Crippen LogP contribution in [0.2, 0.25) is 0 Å². The first-order valence-corrected chi connectivity index (χ1v) is 6.18. The zero-order valence-electron chi connectivity index (χ0n) is 7.01. The summed E-state index contributed by atoms with van der Waals surface area (Å²) in [6.07, 6.45) is 1.65. The van der Waals surface area contributed by atoms with E-state index in [4.69, 9.17) is 10.7 Å². The van der Waals surface area contributed by atoms with E-state index < -0.39 is 9.05 Å². The van der Waals surface area contributed by atoms with Gasteiger partial charge in [-0.2, -0.15) is 0 Å². The van der Waals surface area contributed by atoms with E-state index in [-0.39, 0.29) is 4.90 Å². The highest BCUT2D eigenvalue weighted by Gasteiger charge is 2.09. The lowest BCUT2D eigenvalue weighted by Gasteiger charge is -1.98. The fraction of sp³-hybridized carbons (Fsp3) is 0. The van der Waals surface area contributed by atoms with Crippen LogP contribution >= 0.6 is 10.7 Å². The van der Waals surface area contributed by atoms with E-state index in [0.29, 0.717) is 0 Å². The molecule has 1 aromatic carbocycles. The van der Waals surface area contributed by atoms with Gasteiger partial charge < -0.3 is 0 Å². The highest BCUT2D eigenvalue weighted by atomic mass is 35.7. The van der Waals surface area contributed by atoms with Crippen LogP contribution in [-0.2, 0) is 9.05 Å². The van der Waals surface area contributed by atoms with Crippen molar-refractivity contribution in [1.29, 1.82) is 0 Å². The van der Waals surface area contributed by atoms with Crippen LogP contribution in [0.25, 0.3) is 10.9 Å². The van der Waals surface area contributed by atoms with Gasteiger partial charge >= 0.3 is 0 Å². The molecule has 14 heavy (non-hydrogen) atoms. The lowest BCUT2D eigenvalue weighted by molar-refractivity contribution is 0.609. The third-order valence-corrected chi connectivity index (χ3v) is 3.21. The molecule has 0 saturated heterocycles. The van der Waals surface area contributed by atoms with E-state index in [1.54, 1.807) is 24.4 Å². The summed E-state index contributed by atoms with van der Waals surface area (Å²) >= 11 is 0. The normalized spacial score (nSPS) is 11.8. The summed E-state index contributed by atoms with van der Waals surface area (Å²) in [6, 6.07) is 8.10. The number of halogens is 1. The summed E-state index contributed by atoms with van der Waals surface area (Å²) in [6.45, 7) is 0. The van der Waals surface area contributed by atoms with E-state index in [0.717, 1.165) is 10.9 Å². The predicted molar refractivity (Wildman–Crippen MR) is 54.8 cm³/mol. The molecule has 2 aromatic rings. The van der Waals surface area contributed by atoms with Crippen LogP contribution in [0.1, 0.15) is 0 Å². The number of pyridine rings is 1. The molecule has 1 heterocycles. The number of benzene rings is 1. The molecular formula is C9H6ClNO2S. The first-order valence-electron chi connectivity index (χ1n) is 3.87. The summed E-state index contributed by atoms with van der Waals surface area (Å²) < 4.78 is 22.0. The molecule has 3 nitrogen and oxygen atoms in total. The number of hydrogen-bond donors (Lipinski definition) is 0. The number of hydrogen-bond acceptors (Lipinski definition) is 3. The predicted octanol–water partition coefficient (Wildman–Crippen LogP) is 2.16. The van der Waals surface area contributed by atoms with E-state index in [2.05, 4.69) is 4.98 Å². The van der Waals surface area contributed by atoms with Crippen LogP contribution in [0.3, 0.4) is 0 Å². The quantitative estimate of drug-likeness (QED) is 0.702. The second-order valence-corrected chi connectivity index (χ2v) is 5.36. The SMILES string of the molecule is O=S(=O)(Cl)c1ccc2ncccc2c1. The maximum absolute atomic E-state index is 11.0. The van der Waals surface area contributed by atoms with Gasteiger partial charge in [0.15, 0.2) is 0 Å². The van der Waals surface area contributed by atoms with Crippen molar-refractivity contribution in [2.24, 2.45) is 0 Å². The topological polar surface area (TPSA) is 47.0 Å². The Kier molecular flexibility index (Phi) is 2.17. The Labute approximate surface area is 85.8 Å². The highest BCUT2D eigenvalue weighted by Crippen LogP contribution is 2.19. The van der Waals surface area contributed by atoms with Gasteiger partial charge in [0.1, 0.15) is 0 Å². The van der Waals surface area contributed by atoms with Gasteiger partial charge in [-0.1, -0.05) is 6.07 Å². The third-order valence-electron chi connectivity index (χ3n) is 1.86. The van der Waals surface area contributed by atoms with Crippen LogP contribution in [0, 0.1) is 0 Å². The molecule has 0 N–H and O–H groups in total. The standard InChI is InChI=1S/C9H6ClNO2S/c10-14(12,13)8-3-4-9-7(6-8)2-1-5-11-9/h1-6H. The Hall–Kier alpha value is -1.13. The average molecular weight is 228 g/mol. The Morgan fingerprint density at radius 1 is 1.21 bits per heavy atom. The summed E-state index contributed by atoms with van der Waals surface area (Å²) in [5.41, 5.74) is 0.747. The van der Waals surface area contributed by atoms with Gasteiger partial charge in [-0.15, -0.1) is 0 Å². The van der Waals surface area contributed by atoms with Gasteiger partial charge in [0.05, 0.1) is 10.4 Å². The molecule has 0 bridgehead atoms. The zero-order chi connectivity index (χ0) is 10.2. The van der Waals surface area contributed by atoms with E-state index in [1.165, 1.54) is 12.1 Å². The van der Waals surface area contributed by atoms with Gasteiger partial charge in [0, 0.05) is 22.3 Å². The summed E-state index contributed by atoms with van der Waals surface area (Å²) in [7, 11) is 1.56. The number of rotatable bonds is 1. The van der Waals surface area contributed by atoms with E-state index >= 15 is 0 Å². The van der Waals surface area contributed by atoms with Crippen molar-refractivity contribution in [2.75, 3.05) is 0 Å². The van der Waals surface area contributed by atoms with E-state index in [1.807, 2.05) is 0 Å². The Morgan fingerprint density at radius 3 is 2.71 bits per heavy atom. The van der Waals surface area contributed by atoms with Gasteiger partial charge in [-0.3, -0.25) is 4.98 Å². The molecule has 2 rings (SSSR count). The fourth-order valence-electron chi connectivity index (χ4n) is 1.21. The molecule has 0 fully saturated rings. The highest BCUT2D eigenvalue weighted by molar-refractivity contribution is 8.13. The molecule has 0 saturated carbocycles. The van der Waals surface area contributed by atoms with Crippen molar-refractivity contribution < 1.29 is 8.42 Å². The average Bonchev–Trinajstić information content (AvgIpc) is 2.16. The second-order valence-electron chi connectivity index (χ2n) is 2.80. The summed E-state index contributed by atoms with van der Waals surface area (Å²) in [5, 5.41) is 0.759. The molecule has 0 amide bonds. The van der Waals surface area contributed by atoms with Crippen molar-refractivity contribution in [3.05, 3.63) is 36.5 Å². The Morgan fingerprint density at radius 2 is 2.00 bits per heavy atom. The van der Waals surface area contributed by atoms with Crippen molar-refractivity contribution in [1.82, 2.24) is 4.98 Å². The van der Waals surface area contributed by atoms with Gasteiger partial charge in [-0.25, -0.2) is 8.42 Å². The molecule has 0 aliphatic carbocycles. The molecule has 72 valence electrons. The maximum atomic E-state index is 11.0. The van der Waals surface area contributed by atoms with Crippen molar-refractivity contribution in [3.63, 3.8) is 0 Å². The number of fused-ring (bicyclic) bond motifs is 1. The van der Waals surface area contributed by atoms with Crippen LogP contribution in [0.15, 0.2) is 41.4 Å². The molecular weight excluding hydrogens is 222 g/mol. The van der Waals surface area contributed by atoms with Crippen molar-refractivity contribution in [3.8, 4) is 0 Å². The van der Waals surface area contributed by atoms with Gasteiger partial charge in [-0.05, 0) is 24.3 Å². The van der Waals surface area contributed by atoms with Crippen molar-refractivity contribution in [2.45, 2.75) is 4.90 Å². The largest absolute Gasteiger partial charge is 0.261 e. The minimum absolute atomic E-state index is 0.0969. The molecule has 0 unspecified atom stereocenters. The van der Waals surface area contributed by atoms with Crippen LogP contribution < -0.4 is 0 Å². The van der Waals surface area contributed by atoms with Crippen molar-refractivity contribution >= 4 is 30.6 Å². The van der Waals surface area contributed by atoms with E-state index in [9.17, 15) is 8.42 Å². The zero-order valence-corrected chi connectivity index (χ0v) is 8.59. The van der Waals surface area contributed by atoms with Crippen LogP contribution in [-0.4, -0.2) is 13.4 Å². The molecule has 0 spiro atoms. The molecule has 0 aliphatic heterocycles. The summed E-state index contributed by atoms with van der Waals surface area (Å²) in [5.74, 6) is 0. The lowest BCUT2D eigenvalue weighted by Crippen LogP contribution is -1.90. The second kappa shape index (κ2) is 3.22. The smallest absolute Gasteiger partial charge is 0.256 e. The minimum atomic E-state index is -3.65. The Balaban J connectivity index is 2.75. The molecule has 0 radical (unpaired) electrons. The first-order chi connectivity index (χ1) is 6.57. The monoisotopic (exact) mass is 227 g/mol. The molecule has 0 atom stereocenters. The number of nitrogens with zero attached hydrogens (tertiary/aromatic N) is 1. The first kappa shape index (κ1) is 9.43. The molecule has 1 aromatic heterocycles. The molecule has 0 aliphatic rings. The third kappa shape index (κ3) is 1.71. The van der Waals surface area contributed by atoms with Gasteiger partial charge in [0.25, 0.3) is 9.05 Å². The maximum Gasteiger partial charge on any atom is 0.261 e. The van der Waals surface area contributed by atoms with Crippen LogP contribution in [0.4, 0.5) is 0 Å².